The molecule has 0 radical (unpaired) electrons. The molecule has 0 spiro atoms. The summed E-state index contributed by atoms with van der Waals surface area (Å²) in [5.41, 5.74) is 2.59. The topological polar surface area (TPSA) is 88.1 Å². The minimum absolute atomic E-state index is 0.0565. The van der Waals surface area contributed by atoms with Crippen LogP contribution in [0.2, 0.25) is 0 Å². The number of carbonyl (C=O) groups excluding carboxylic acids is 2. The van der Waals surface area contributed by atoms with Crippen LogP contribution in [-0.4, -0.2) is 44.8 Å². The molecule has 3 aromatic heterocycles. The van der Waals surface area contributed by atoms with E-state index in [2.05, 4.69) is 34.1 Å². The van der Waals surface area contributed by atoms with Crippen LogP contribution in [0.4, 0.5) is 5.13 Å². The average molecular weight is 456 g/mol. The normalized spacial score (nSPS) is 16.5. The highest BCUT2D eigenvalue weighted by Gasteiger charge is 2.31. The summed E-state index contributed by atoms with van der Waals surface area (Å²) in [6.07, 6.45) is 5.02. The van der Waals surface area contributed by atoms with Crippen molar-refractivity contribution in [3.8, 4) is 10.6 Å². The third-order valence-electron chi connectivity index (χ3n) is 5.32. The number of anilines is 1. The molecule has 1 N–H and O–H groups in total. The first-order valence-corrected chi connectivity index (χ1v) is 12.1. The molecule has 0 bridgehead atoms. The Morgan fingerprint density at radius 1 is 1.29 bits per heavy atom. The molecule has 2 amide bonds. The second kappa shape index (κ2) is 9.23. The molecule has 31 heavy (non-hydrogen) atoms. The Hall–Kier alpha value is -2.65. The van der Waals surface area contributed by atoms with Gasteiger partial charge in [-0.05, 0) is 37.8 Å². The summed E-state index contributed by atoms with van der Waals surface area (Å²) in [5.74, 6) is -0.0442. The molecule has 4 heterocycles. The summed E-state index contributed by atoms with van der Waals surface area (Å²) in [7, 11) is 0. The quantitative estimate of drug-likeness (QED) is 0.608. The van der Waals surface area contributed by atoms with Crippen LogP contribution in [0, 0.1) is 12.8 Å². The van der Waals surface area contributed by atoms with E-state index >= 15 is 0 Å². The third kappa shape index (κ3) is 4.83. The maximum absolute atomic E-state index is 13.2. The average Bonchev–Trinajstić information content (AvgIpc) is 3.41. The first-order valence-electron chi connectivity index (χ1n) is 10.4. The van der Waals surface area contributed by atoms with Crippen LogP contribution < -0.4 is 5.32 Å². The van der Waals surface area contributed by atoms with Crippen molar-refractivity contribution in [3.05, 3.63) is 46.2 Å². The van der Waals surface area contributed by atoms with Crippen molar-refractivity contribution >= 4 is 39.6 Å². The second-order valence-electron chi connectivity index (χ2n) is 7.99. The summed E-state index contributed by atoms with van der Waals surface area (Å²) in [5, 5.41) is 6.32. The maximum Gasteiger partial charge on any atom is 0.265 e. The molecule has 1 fully saturated rings. The van der Waals surface area contributed by atoms with Crippen LogP contribution in [0.15, 0.2) is 29.9 Å². The number of thiazole rings is 2. The van der Waals surface area contributed by atoms with Crippen molar-refractivity contribution in [3.63, 3.8) is 0 Å². The summed E-state index contributed by atoms with van der Waals surface area (Å²) in [6.45, 7) is 7.06. The monoisotopic (exact) mass is 455 g/mol. The zero-order chi connectivity index (χ0) is 22.0. The second-order valence-corrected chi connectivity index (χ2v) is 9.84. The minimum atomic E-state index is -0.241. The minimum Gasteiger partial charge on any atom is -0.337 e. The van der Waals surface area contributed by atoms with Crippen molar-refractivity contribution in [1.29, 1.82) is 0 Å². The first-order chi connectivity index (χ1) is 14.9. The van der Waals surface area contributed by atoms with Gasteiger partial charge >= 0.3 is 0 Å². The Morgan fingerprint density at radius 2 is 2.13 bits per heavy atom. The first kappa shape index (κ1) is 21.6. The van der Waals surface area contributed by atoms with Gasteiger partial charge in [-0.1, -0.05) is 13.8 Å². The standard InChI is InChI=1S/C22H25N5O2S2/c1-13(2)17-12-30-22(25-17)26-19(28)16-7-5-9-27(11-16)21(29)18-14(3)24-20(31-18)15-6-4-8-23-10-15/h4,6,8,10,12-13,16H,5,7,9,11H2,1-3H3,(H,25,26,28). The number of rotatable bonds is 5. The van der Waals surface area contributed by atoms with Gasteiger partial charge in [0, 0.05) is 36.4 Å². The molecule has 7 nitrogen and oxygen atoms in total. The largest absolute Gasteiger partial charge is 0.337 e. The molecule has 1 atom stereocenters. The third-order valence-corrected chi connectivity index (χ3v) is 7.29. The lowest BCUT2D eigenvalue weighted by atomic mass is 9.97. The number of piperidine rings is 1. The predicted molar refractivity (Wildman–Crippen MR) is 124 cm³/mol. The Morgan fingerprint density at radius 3 is 2.84 bits per heavy atom. The number of hydrogen-bond acceptors (Lipinski definition) is 7. The molecule has 162 valence electrons. The predicted octanol–water partition coefficient (Wildman–Crippen LogP) is 4.58. The van der Waals surface area contributed by atoms with Crippen LogP contribution in [-0.2, 0) is 4.79 Å². The number of nitrogens with zero attached hydrogens (tertiary/aromatic N) is 4. The molecule has 1 aliphatic heterocycles. The summed E-state index contributed by atoms with van der Waals surface area (Å²) in [4.78, 5) is 41.6. The number of nitrogens with one attached hydrogen (secondary N) is 1. The van der Waals surface area contributed by atoms with Gasteiger partial charge in [0.2, 0.25) is 5.91 Å². The van der Waals surface area contributed by atoms with Crippen LogP contribution in [0.5, 0.6) is 0 Å². The van der Waals surface area contributed by atoms with Crippen LogP contribution >= 0.6 is 22.7 Å². The van der Waals surface area contributed by atoms with E-state index in [9.17, 15) is 9.59 Å². The van der Waals surface area contributed by atoms with E-state index in [0.29, 0.717) is 34.7 Å². The van der Waals surface area contributed by atoms with Crippen molar-refractivity contribution in [2.45, 2.75) is 39.5 Å². The highest BCUT2D eigenvalue weighted by Crippen LogP contribution is 2.30. The molecular weight excluding hydrogens is 430 g/mol. The molecule has 9 heteroatoms. The van der Waals surface area contributed by atoms with Gasteiger partial charge in [-0.15, -0.1) is 22.7 Å². The van der Waals surface area contributed by atoms with E-state index in [4.69, 9.17) is 0 Å². The summed E-state index contributed by atoms with van der Waals surface area (Å²) < 4.78 is 0. The number of pyridine rings is 1. The van der Waals surface area contributed by atoms with Crippen LogP contribution in [0.1, 0.15) is 53.7 Å². The molecular formula is C22H25N5O2S2. The smallest absolute Gasteiger partial charge is 0.265 e. The van der Waals surface area contributed by atoms with Crippen molar-refractivity contribution in [2.75, 3.05) is 18.4 Å². The highest BCUT2D eigenvalue weighted by molar-refractivity contribution is 7.17. The van der Waals surface area contributed by atoms with Gasteiger partial charge in [-0.2, -0.15) is 0 Å². The molecule has 4 rings (SSSR count). The molecule has 3 aromatic rings. The van der Waals surface area contributed by atoms with E-state index in [1.807, 2.05) is 24.4 Å². The van der Waals surface area contributed by atoms with Crippen LogP contribution in [0.25, 0.3) is 10.6 Å². The fourth-order valence-electron chi connectivity index (χ4n) is 3.54. The molecule has 1 aliphatic rings. The van der Waals surface area contributed by atoms with E-state index in [1.54, 1.807) is 17.3 Å². The van der Waals surface area contributed by atoms with Gasteiger partial charge < -0.3 is 10.2 Å². The van der Waals surface area contributed by atoms with Crippen molar-refractivity contribution in [1.82, 2.24) is 19.9 Å². The van der Waals surface area contributed by atoms with Gasteiger partial charge in [-0.25, -0.2) is 9.97 Å². The zero-order valence-electron chi connectivity index (χ0n) is 17.8. The fourth-order valence-corrected chi connectivity index (χ4v) is 5.44. The Bertz CT molecular complexity index is 1080. The van der Waals surface area contributed by atoms with Gasteiger partial charge in [0.15, 0.2) is 5.13 Å². The van der Waals surface area contributed by atoms with Gasteiger partial charge in [0.05, 0.1) is 17.3 Å². The molecule has 0 saturated carbocycles. The van der Waals surface area contributed by atoms with Gasteiger partial charge in [-0.3, -0.25) is 14.6 Å². The number of aryl methyl sites for hydroxylation is 1. The van der Waals surface area contributed by atoms with E-state index in [1.165, 1.54) is 22.7 Å². The fraction of sp³-hybridized carbons (Fsp3) is 0.409. The Labute approximate surface area is 189 Å². The molecule has 0 aromatic carbocycles. The lowest BCUT2D eigenvalue weighted by molar-refractivity contribution is -0.121. The van der Waals surface area contributed by atoms with Crippen molar-refractivity contribution < 1.29 is 9.59 Å². The van der Waals surface area contributed by atoms with E-state index in [-0.39, 0.29) is 17.7 Å². The van der Waals surface area contributed by atoms with Gasteiger partial charge in [0.25, 0.3) is 5.91 Å². The Balaban J connectivity index is 1.44. The van der Waals surface area contributed by atoms with E-state index in [0.717, 1.165) is 29.1 Å². The highest BCUT2D eigenvalue weighted by atomic mass is 32.1. The van der Waals surface area contributed by atoms with Gasteiger partial charge in [0.1, 0.15) is 9.88 Å². The zero-order valence-corrected chi connectivity index (χ0v) is 19.4. The maximum atomic E-state index is 13.2. The molecule has 1 saturated heterocycles. The lowest BCUT2D eigenvalue weighted by Crippen LogP contribution is -2.43. The lowest BCUT2D eigenvalue weighted by Gasteiger charge is -2.31. The number of hydrogen-bond donors (Lipinski definition) is 1. The van der Waals surface area contributed by atoms with E-state index < -0.39 is 0 Å². The van der Waals surface area contributed by atoms with Crippen LogP contribution in [0.3, 0.4) is 0 Å². The number of aromatic nitrogens is 3. The SMILES string of the molecule is Cc1nc(-c2cccnc2)sc1C(=O)N1CCCC(C(=O)Nc2nc(C(C)C)cs2)C1. The molecule has 0 aliphatic carbocycles. The van der Waals surface area contributed by atoms with Crippen molar-refractivity contribution in [2.24, 2.45) is 5.92 Å². The Kier molecular flexibility index (Phi) is 6.43. The number of amides is 2. The number of carbonyl (C=O) groups is 2. The molecule has 1 unspecified atom stereocenters. The summed E-state index contributed by atoms with van der Waals surface area (Å²) >= 11 is 2.82. The number of likely N-dealkylation sites (tertiary alicyclic amines) is 1. The summed E-state index contributed by atoms with van der Waals surface area (Å²) in [6, 6.07) is 3.79.